The quantitative estimate of drug-likeness (QED) is 0.0873. The Morgan fingerprint density at radius 1 is 0.673 bits per heavy atom. The third-order valence-corrected chi connectivity index (χ3v) is 7.81. The van der Waals surface area contributed by atoms with Crippen LogP contribution in [-0.2, 0) is 39.8 Å². The fraction of sp³-hybridized carbons (Fsp3) is 0.537. The molecular formula is C41H58N2O9. The van der Waals surface area contributed by atoms with Gasteiger partial charge in [0.15, 0.2) is 23.7 Å². The molecule has 0 radical (unpaired) electrons. The Hall–Kier alpha value is -4.35. The lowest BCUT2D eigenvalue weighted by Crippen LogP contribution is -2.51. The van der Waals surface area contributed by atoms with E-state index >= 15 is 0 Å². The summed E-state index contributed by atoms with van der Waals surface area (Å²) in [6.45, 7) is 11.0. The number of hydrogen-bond donors (Lipinski definition) is 2. The number of ether oxygens (including phenoxy) is 6. The lowest BCUT2D eigenvalue weighted by atomic mass is 10.0. The molecule has 11 heteroatoms. The van der Waals surface area contributed by atoms with Crippen LogP contribution in [0.15, 0.2) is 60.7 Å². The van der Waals surface area contributed by atoms with Crippen LogP contribution in [0.1, 0.15) is 79.2 Å². The molecule has 0 saturated carbocycles. The number of methoxy groups -OCH3 is 2. The van der Waals surface area contributed by atoms with Crippen LogP contribution < -0.4 is 20.1 Å². The molecule has 0 heterocycles. The van der Waals surface area contributed by atoms with E-state index in [0.717, 1.165) is 31.4 Å². The lowest BCUT2D eigenvalue weighted by Gasteiger charge is -2.29. The minimum absolute atomic E-state index is 0.159. The number of hydrogen-bond acceptors (Lipinski definition) is 10. The van der Waals surface area contributed by atoms with E-state index in [9.17, 15) is 14.4 Å². The molecule has 3 rings (SSSR count). The van der Waals surface area contributed by atoms with Gasteiger partial charge in [-0.05, 0) is 102 Å². The zero-order chi connectivity index (χ0) is 38.1. The zero-order valence-corrected chi connectivity index (χ0v) is 32.2. The van der Waals surface area contributed by atoms with Gasteiger partial charge in [-0.2, -0.15) is 0 Å². The standard InChI is InChI=1S/C41H58N2O9/c1-40(2,3)51-35(44)28-50-37(39(46)52-41(4,5)6)36(49-25-15-14-23-42-32-21-22-33(47-7)34(27-32)48-8)38(45)43-24-13-9-10-16-29-19-20-30-17-11-12-18-31(30)26-29/h11-12,17-22,26-27,36-37,42H,9-10,13-16,23-25,28H2,1-8H3,(H,43,45). The fourth-order valence-electron chi connectivity index (χ4n) is 5.42. The second-order valence-electron chi connectivity index (χ2n) is 14.6. The molecule has 286 valence electrons. The monoisotopic (exact) mass is 722 g/mol. The average molecular weight is 723 g/mol. The van der Waals surface area contributed by atoms with Gasteiger partial charge in [-0.15, -0.1) is 0 Å². The van der Waals surface area contributed by atoms with Gasteiger partial charge in [0.1, 0.15) is 17.8 Å². The second kappa shape index (κ2) is 20.6. The Balaban J connectivity index is 1.60. The summed E-state index contributed by atoms with van der Waals surface area (Å²) in [5.74, 6) is -0.734. The van der Waals surface area contributed by atoms with Gasteiger partial charge >= 0.3 is 11.9 Å². The van der Waals surface area contributed by atoms with Crippen molar-refractivity contribution in [3.63, 3.8) is 0 Å². The van der Waals surface area contributed by atoms with Gasteiger partial charge in [0.25, 0.3) is 5.91 Å². The van der Waals surface area contributed by atoms with E-state index in [2.05, 4.69) is 41.0 Å². The van der Waals surface area contributed by atoms with E-state index in [-0.39, 0.29) is 6.61 Å². The summed E-state index contributed by atoms with van der Waals surface area (Å²) < 4.78 is 33.5. The number of esters is 2. The normalized spacial score (nSPS) is 12.8. The summed E-state index contributed by atoms with van der Waals surface area (Å²) in [5.41, 5.74) is 0.520. The van der Waals surface area contributed by atoms with Gasteiger partial charge in [0.05, 0.1) is 14.2 Å². The van der Waals surface area contributed by atoms with E-state index < -0.39 is 47.9 Å². The van der Waals surface area contributed by atoms with Crippen molar-refractivity contribution in [3.05, 3.63) is 66.2 Å². The van der Waals surface area contributed by atoms with Crippen molar-refractivity contribution in [2.24, 2.45) is 0 Å². The minimum atomic E-state index is -1.50. The SMILES string of the molecule is COc1ccc(NCCCCOC(C(=O)NCCCCCc2ccc3ccccc3c2)C(OCC(=O)OC(C)(C)C)C(=O)OC(C)(C)C)cc1OC. The van der Waals surface area contributed by atoms with Gasteiger partial charge in [-0.3, -0.25) is 4.79 Å². The molecule has 2 atom stereocenters. The third kappa shape index (κ3) is 15.1. The van der Waals surface area contributed by atoms with Crippen LogP contribution in [-0.4, -0.2) is 81.8 Å². The molecule has 0 aliphatic heterocycles. The van der Waals surface area contributed by atoms with Crippen molar-refractivity contribution in [1.82, 2.24) is 5.32 Å². The summed E-state index contributed by atoms with van der Waals surface area (Å²) >= 11 is 0. The molecule has 3 aromatic carbocycles. The van der Waals surface area contributed by atoms with Crippen molar-refractivity contribution in [3.8, 4) is 11.5 Å². The predicted octanol–water partition coefficient (Wildman–Crippen LogP) is 7.03. The highest BCUT2D eigenvalue weighted by Crippen LogP contribution is 2.29. The van der Waals surface area contributed by atoms with Crippen molar-refractivity contribution >= 4 is 34.3 Å². The van der Waals surface area contributed by atoms with Crippen molar-refractivity contribution in [1.29, 1.82) is 0 Å². The first-order valence-electron chi connectivity index (χ1n) is 18.1. The number of amides is 1. The number of rotatable bonds is 21. The van der Waals surface area contributed by atoms with E-state index in [1.807, 2.05) is 30.3 Å². The maximum Gasteiger partial charge on any atom is 0.339 e. The number of aryl methyl sites for hydroxylation is 1. The smallest absolute Gasteiger partial charge is 0.339 e. The maximum absolute atomic E-state index is 13.6. The first kappa shape index (κ1) is 42.1. The molecule has 3 aromatic rings. The number of nitrogens with one attached hydrogen (secondary N) is 2. The Labute approximate surface area is 309 Å². The molecule has 0 fully saturated rings. The Morgan fingerprint density at radius 3 is 2.06 bits per heavy atom. The van der Waals surface area contributed by atoms with Crippen molar-refractivity contribution < 1.29 is 42.8 Å². The van der Waals surface area contributed by atoms with E-state index in [1.165, 1.54) is 16.3 Å². The number of benzene rings is 3. The molecule has 0 spiro atoms. The molecule has 11 nitrogen and oxygen atoms in total. The van der Waals surface area contributed by atoms with Crippen LogP contribution >= 0.6 is 0 Å². The molecule has 0 aliphatic carbocycles. The van der Waals surface area contributed by atoms with Crippen LogP contribution in [0.2, 0.25) is 0 Å². The summed E-state index contributed by atoms with van der Waals surface area (Å²) in [4.78, 5) is 39.7. The Kier molecular flexibility index (Phi) is 16.7. The highest BCUT2D eigenvalue weighted by Gasteiger charge is 2.39. The van der Waals surface area contributed by atoms with Gasteiger partial charge < -0.3 is 39.1 Å². The first-order chi connectivity index (χ1) is 24.7. The van der Waals surface area contributed by atoms with Gasteiger partial charge in [0.2, 0.25) is 0 Å². The first-order valence-corrected chi connectivity index (χ1v) is 18.1. The van der Waals surface area contributed by atoms with Crippen molar-refractivity contribution in [2.45, 2.75) is 103 Å². The topological polar surface area (TPSA) is 131 Å². The molecule has 0 bridgehead atoms. The lowest BCUT2D eigenvalue weighted by molar-refractivity contribution is -0.187. The van der Waals surface area contributed by atoms with Gasteiger partial charge in [-0.1, -0.05) is 48.9 Å². The third-order valence-electron chi connectivity index (χ3n) is 7.81. The highest BCUT2D eigenvalue weighted by atomic mass is 16.6. The molecule has 2 unspecified atom stereocenters. The molecule has 52 heavy (non-hydrogen) atoms. The zero-order valence-electron chi connectivity index (χ0n) is 32.2. The highest BCUT2D eigenvalue weighted by molar-refractivity contribution is 5.89. The molecule has 0 saturated heterocycles. The Bertz CT molecular complexity index is 1580. The van der Waals surface area contributed by atoms with E-state index in [1.54, 1.807) is 55.8 Å². The van der Waals surface area contributed by atoms with Crippen LogP contribution in [0.3, 0.4) is 0 Å². The summed E-state index contributed by atoms with van der Waals surface area (Å²) in [6, 6.07) is 20.4. The van der Waals surface area contributed by atoms with Gasteiger partial charge in [0, 0.05) is 31.5 Å². The van der Waals surface area contributed by atoms with Crippen LogP contribution in [0.4, 0.5) is 5.69 Å². The van der Waals surface area contributed by atoms with E-state index in [0.29, 0.717) is 37.4 Å². The second-order valence-corrected chi connectivity index (χ2v) is 14.6. The summed E-state index contributed by atoms with van der Waals surface area (Å²) in [6.07, 6.45) is 1.97. The summed E-state index contributed by atoms with van der Waals surface area (Å²) in [5, 5.41) is 8.71. The van der Waals surface area contributed by atoms with E-state index in [4.69, 9.17) is 28.4 Å². The molecule has 0 aliphatic rings. The minimum Gasteiger partial charge on any atom is -0.493 e. The maximum atomic E-state index is 13.6. The number of anilines is 1. The molecule has 2 N–H and O–H groups in total. The number of unbranched alkanes of at least 4 members (excludes halogenated alkanes) is 3. The number of fused-ring (bicyclic) bond motifs is 1. The van der Waals surface area contributed by atoms with Crippen LogP contribution in [0.5, 0.6) is 11.5 Å². The van der Waals surface area contributed by atoms with Gasteiger partial charge in [-0.25, -0.2) is 9.59 Å². The number of carbonyl (C=O) groups is 3. The predicted molar refractivity (Wildman–Crippen MR) is 203 cm³/mol. The van der Waals surface area contributed by atoms with Crippen LogP contribution in [0.25, 0.3) is 10.8 Å². The summed E-state index contributed by atoms with van der Waals surface area (Å²) in [7, 11) is 3.17. The Morgan fingerprint density at radius 2 is 1.37 bits per heavy atom. The largest absolute Gasteiger partial charge is 0.493 e. The van der Waals surface area contributed by atoms with Crippen molar-refractivity contribution in [2.75, 3.05) is 45.8 Å². The average Bonchev–Trinajstić information content (AvgIpc) is 3.08. The fourth-order valence-corrected chi connectivity index (χ4v) is 5.42. The molecule has 1 amide bonds. The number of carbonyl (C=O) groups excluding carboxylic acids is 3. The van der Waals surface area contributed by atoms with Crippen LogP contribution in [0, 0.1) is 0 Å². The molecular weight excluding hydrogens is 664 g/mol. The molecule has 0 aromatic heterocycles.